The number of aryl methyl sites for hydroxylation is 1. The molecule has 1 saturated carbocycles. The molecule has 16 heavy (non-hydrogen) atoms. The largest absolute Gasteiger partial charge is 0.508 e. The Hall–Kier alpha value is -1.02. The summed E-state index contributed by atoms with van der Waals surface area (Å²) in [7, 11) is 0. The van der Waals surface area contributed by atoms with E-state index in [0.717, 1.165) is 32.1 Å². The third-order valence-corrected chi connectivity index (χ3v) is 4.14. The van der Waals surface area contributed by atoms with Crippen LogP contribution in [0.2, 0.25) is 0 Å². The second-order valence-corrected chi connectivity index (χ2v) is 5.42. The van der Waals surface area contributed by atoms with Crippen molar-refractivity contribution in [2.75, 3.05) is 0 Å². The summed E-state index contributed by atoms with van der Waals surface area (Å²) in [5.41, 5.74) is 10.2. The van der Waals surface area contributed by atoms with Crippen molar-refractivity contribution in [1.82, 2.24) is 0 Å². The molecule has 2 aliphatic rings. The number of hydrogen-bond acceptors (Lipinski definition) is 2. The van der Waals surface area contributed by atoms with Crippen molar-refractivity contribution < 1.29 is 5.11 Å². The molecule has 1 fully saturated rings. The lowest BCUT2D eigenvalue weighted by Crippen LogP contribution is -2.22. The summed E-state index contributed by atoms with van der Waals surface area (Å²) >= 11 is 0. The molecule has 0 atom stereocenters. The lowest BCUT2D eigenvalue weighted by atomic mass is 9.96. The Bertz CT molecular complexity index is 421. The van der Waals surface area contributed by atoms with Crippen LogP contribution in [0.3, 0.4) is 0 Å². The fourth-order valence-corrected chi connectivity index (χ4v) is 2.79. The van der Waals surface area contributed by atoms with Crippen LogP contribution in [0.1, 0.15) is 42.4 Å². The van der Waals surface area contributed by atoms with Crippen molar-refractivity contribution in [3.8, 4) is 5.75 Å². The predicted molar refractivity (Wildman–Crippen MR) is 64.6 cm³/mol. The van der Waals surface area contributed by atoms with Gasteiger partial charge in [0, 0.05) is 5.54 Å². The first-order valence-electron chi connectivity index (χ1n) is 6.29. The van der Waals surface area contributed by atoms with Crippen LogP contribution in [0, 0.1) is 0 Å². The smallest absolute Gasteiger partial charge is 0.119 e. The molecule has 2 aliphatic carbocycles. The van der Waals surface area contributed by atoms with Crippen molar-refractivity contribution in [1.29, 1.82) is 0 Å². The predicted octanol–water partition coefficient (Wildman–Crippen LogP) is 2.30. The quantitative estimate of drug-likeness (QED) is 0.816. The average Bonchev–Trinajstić information content (AvgIpc) is 2.81. The van der Waals surface area contributed by atoms with Crippen LogP contribution in [0.5, 0.6) is 5.75 Å². The summed E-state index contributed by atoms with van der Waals surface area (Å²) in [6.45, 7) is 0. The molecule has 1 aromatic rings. The van der Waals surface area contributed by atoms with Gasteiger partial charge in [-0.25, -0.2) is 0 Å². The third-order valence-electron chi connectivity index (χ3n) is 4.14. The van der Waals surface area contributed by atoms with Crippen LogP contribution in [0.25, 0.3) is 0 Å². The molecule has 0 aliphatic heterocycles. The van der Waals surface area contributed by atoms with Gasteiger partial charge in [-0.15, -0.1) is 0 Å². The molecule has 0 amide bonds. The first-order chi connectivity index (χ1) is 7.68. The molecule has 0 aromatic heterocycles. The zero-order chi connectivity index (χ0) is 11.2. The highest BCUT2D eigenvalue weighted by atomic mass is 16.3. The summed E-state index contributed by atoms with van der Waals surface area (Å²) in [4.78, 5) is 0. The number of benzene rings is 1. The van der Waals surface area contributed by atoms with E-state index in [1.54, 1.807) is 0 Å². The minimum atomic E-state index is 0.0910. The molecule has 1 aromatic carbocycles. The minimum Gasteiger partial charge on any atom is -0.508 e. The third kappa shape index (κ3) is 1.71. The van der Waals surface area contributed by atoms with Gasteiger partial charge in [0.05, 0.1) is 0 Å². The van der Waals surface area contributed by atoms with Crippen LogP contribution in [0.15, 0.2) is 12.1 Å². The Kier molecular flexibility index (Phi) is 2.21. The Morgan fingerprint density at radius 2 is 2.06 bits per heavy atom. The molecule has 2 nitrogen and oxygen atoms in total. The topological polar surface area (TPSA) is 46.2 Å². The number of phenolic OH excluding ortho intramolecular Hbond substituents is 1. The fourth-order valence-electron chi connectivity index (χ4n) is 2.79. The Balaban J connectivity index is 1.84. The maximum Gasteiger partial charge on any atom is 0.119 e. The van der Waals surface area contributed by atoms with E-state index in [-0.39, 0.29) is 5.54 Å². The second-order valence-electron chi connectivity index (χ2n) is 5.42. The van der Waals surface area contributed by atoms with Crippen molar-refractivity contribution in [3.05, 3.63) is 28.8 Å². The molecule has 86 valence electrons. The number of rotatable bonds is 3. The van der Waals surface area contributed by atoms with Crippen molar-refractivity contribution in [2.24, 2.45) is 5.73 Å². The average molecular weight is 217 g/mol. The molecular formula is C14H19NO. The maximum absolute atomic E-state index is 9.95. The zero-order valence-corrected chi connectivity index (χ0v) is 9.63. The van der Waals surface area contributed by atoms with Crippen LogP contribution in [-0.4, -0.2) is 10.6 Å². The van der Waals surface area contributed by atoms with Gasteiger partial charge in [0.2, 0.25) is 0 Å². The highest BCUT2D eigenvalue weighted by molar-refractivity contribution is 5.46. The zero-order valence-electron chi connectivity index (χ0n) is 9.63. The van der Waals surface area contributed by atoms with Crippen molar-refractivity contribution in [2.45, 2.75) is 50.5 Å². The van der Waals surface area contributed by atoms with Gasteiger partial charge < -0.3 is 10.8 Å². The van der Waals surface area contributed by atoms with Gasteiger partial charge >= 0.3 is 0 Å². The van der Waals surface area contributed by atoms with E-state index in [9.17, 15) is 5.11 Å². The van der Waals surface area contributed by atoms with Crippen LogP contribution in [-0.2, 0) is 19.3 Å². The Labute approximate surface area is 96.5 Å². The van der Waals surface area contributed by atoms with E-state index < -0.39 is 0 Å². The molecule has 0 heterocycles. The molecular weight excluding hydrogens is 198 g/mol. The van der Waals surface area contributed by atoms with E-state index in [0.29, 0.717) is 5.75 Å². The number of phenols is 1. The number of fused-ring (bicyclic) bond motifs is 1. The summed E-state index contributed by atoms with van der Waals surface area (Å²) in [6.07, 6.45) is 7.83. The lowest BCUT2D eigenvalue weighted by Gasteiger charge is -2.13. The van der Waals surface area contributed by atoms with Gasteiger partial charge in [-0.1, -0.05) is 6.07 Å². The first-order valence-corrected chi connectivity index (χ1v) is 6.29. The van der Waals surface area contributed by atoms with E-state index in [1.807, 2.05) is 6.07 Å². The van der Waals surface area contributed by atoms with Crippen molar-refractivity contribution >= 4 is 0 Å². The molecule has 0 saturated heterocycles. The molecule has 0 spiro atoms. The Morgan fingerprint density at radius 3 is 2.81 bits per heavy atom. The number of nitrogens with two attached hydrogens (primary N) is 1. The molecule has 0 unspecified atom stereocenters. The summed E-state index contributed by atoms with van der Waals surface area (Å²) < 4.78 is 0. The monoisotopic (exact) mass is 217 g/mol. The summed E-state index contributed by atoms with van der Waals surface area (Å²) in [6, 6.07) is 3.94. The normalized spacial score (nSPS) is 20.8. The Morgan fingerprint density at radius 1 is 1.25 bits per heavy atom. The van der Waals surface area contributed by atoms with E-state index in [2.05, 4.69) is 6.07 Å². The van der Waals surface area contributed by atoms with Gasteiger partial charge in [0.25, 0.3) is 0 Å². The van der Waals surface area contributed by atoms with E-state index >= 15 is 0 Å². The van der Waals surface area contributed by atoms with Crippen LogP contribution < -0.4 is 5.73 Å². The molecule has 0 bridgehead atoms. The highest BCUT2D eigenvalue weighted by Crippen LogP contribution is 2.39. The molecule has 3 N–H and O–H groups in total. The minimum absolute atomic E-state index is 0.0910. The van der Waals surface area contributed by atoms with Crippen LogP contribution in [0.4, 0.5) is 0 Å². The number of hydrogen-bond donors (Lipinski definition) is 2. The maximum atomic E-state index is 9.95. The molecule has 3 rings (SSSR count). The standard InChI is InChI=1S/C14H19NO/c15-14(8-9-14)7-6-12-11-3-1-2-10(11)4-5-13(12)16/h4-5,16H,1-3,6-9,15H2. The second kappa shape index (κ2) is 3.49. The van der Waals surface area contributed by atoms with Gasteiger partial charge in [-0.3, -0.25) is 0 Å². The number of aromatic hydroxyl groups is 1. The molecule has 2 heteroatoms. The van der Waals surface area contributed by atoms with E-state index in [4.69, 9.17) is 5.73 Å². The summed E-state index contributed by atoms with van der Waals surface area (Å²) in [5.74, 6) is 0.477. The van der Waals surface area contributed by atoms with Gasteiger partial charge in [0.1, 0.15) is 5.75 Å². The van der Waals surface area contributed by atoms with Gasteiger partial charge in [-0.2, -0.15) is 0 Å². The molecule has 0 radical (unpaired) electrons. The summed E-state index contributed by atoms with van der Waals surface area (Å²) in [5, 5.41) is 9.95. The fraction of sp³-hybridized carbons (Fsp3) is 0.571. The lowest BCUT2D eigenvalue weighted by molar-refractivity contribution is 0.463. The van der Waals surface area contributed by atoms with E-state index in [1.165, 1.54) is 29.5 Å². The SMILES string of the molecule is NC1(CCc2c(O)ccc3c2CCC3)CC1. The van der Waals surface area contributed by atoms with Crippen LogP contribution >= 0.6 is 0 Å². The van der Waals surface area contributed by atoms with Gasteiger partial charge in [0.15, 0.2) is 0 Å². The highest BCUT2D eigenvalue weighted by Gasteiger charge is 2.37. The first kappa shape index (κ1) is 10.2. The van der Waals surface area contributed by atoms with Gasteiger partial charge in [-0.05, 0) is 67.7 Å². The van der Waals surface area contributed by atoms with Crippen molar-refractivity contribution in [3.63, 3.8) is 0 Å².